The number of hydrazine groups is 1. The van der Waals surface area contributed by atoms with Gasteiger partial charge < -0.3 is 5.32 Å². The molecule has 3 amide bonds. The number of hydrogen-bond acceptors (Lipinski definition) is 3. The van der Waals surface area contributed by atoms with Crippen LogP contribution in [0.25, 0.3) is 0 Å². The first kappa shape index (κ1) is 20.1. The van der Waals surface area contributed by atoms with Gasteiger partial charge in [0.2, 0.25) is 5.91 Å². The fourth-order valence-corrected chi connectivity index (χ4v) is 4.45. The molecule has 1 aliphatic heterocycles. The zero-order chi connectivity index (χ0) is 21.1. The molecule has 0 saturated carbocycles. The Bertz CT molecular complexity index is 947. The van der Waals surface area contributed by atoms with Gasteiger partial charge in [-0.15, -0.1) is 0 Å². The van der Waals surface area contributed by atoms with Crippen LogP contribution in [0.4, 0.5) is 0 Å². The average Bonchev–Trinajstić information content (AvgIpc) is 3.38. The first-order chi connectivity index (χ1) is 14.5. The van der Waals surface area contributed by atoms with Crippen molar-refractivity contribution in [3.8, 4) is 0 Å². The van der Waals surface area contributed by atoms with Gasteiger partial charge in [-0.1, -0.05) is 42.5 Å². The zero-order valence-electron chi connectivity index (χ0n) is 17.3. The Hall–Kier alpha value is -3.15. The van der Waals surface area contributed by atoms with Gasteiger partial charge in [0.1, 0.15) is 0 Å². The molecule has 1 aliphatic carbocycles. The van der Waals surface area contributed by atoms with E-state index in [1.807, 2.05) is 31.2 Å². The number of fused-ring (bicyclic) bond motifs is 1. The lowest BCUT2D eigenvalue weighted by atomic mass is 10.0. The maximum Gasteiger partial charge on any atom is 0.260 e. The van der Waals surface area contributed by atoms with E-state index in [0.717, 1.165) is 24.8 Å². The molecule has 1 heterocycles. The third-order valence-electron chi connectivity index (χ3n) is 6.00. The molecule has 0 aromatic heterocycles. The van der Waals surface area contributed by atoms with Crippen LogP contribution in [0.5, 0.6) is 0 Å². The van der Waals surface area contributed by atoms with Crippen LogP contribution in [0.15, 0.2) is 48.5 Å². The highest BCUT2D eigenvalue weighted by atomic mass is 16.2. The van der Waals surface area contributed by atoms with Crippen LogP contribution in [0.2, 0.25) is 0 Å². The second-order valence-corrected chi connectivity index (χ2v) is 8.13. The van der Waals surface area contributed by atoms with Crippen LogP contribution in [-0.4, -0.2) is 47.4 Å². The number of hydrogen-bond donors (Lipinski definition) is 1. The van der Waals surface area contributed by atoms with Gasteiger partial charge in [0.05, 0.1) is 6.54 Å². The lowest BCUT2D eigenvalue weighted by Gasteiger charge is -2.29. The second kappa shape index (κ2) is 8.69. The maximum atomic E-state index is 12.9. The van der Waals surface area contributed by atoms with E-state index in [4.69, 9.17) is 0 Å². The number of carbonyl (C=O) groups is 3. The molecule has 1 fully saturated rings. The number of amides is 3. The Labute approximate surface area is 176 Å². The number of carbonyl (C=O) groups excluding carboxylic acids is 3. The van der Waals surface area contributed by atoms with Crippen molar-refractivity contribution in [2.75, 3.05) is 19.6 Å². The molecule has 0 spiro atoms. The van der Waals surface area contributed by atoms with Gasteiger partial charge in [0, 0.05) is 25.1 Å². The van der Waals surface area contributed by atoms with E-state index in [-0.39, 0.29) is 30.2 Å². The van der Waals surface area contributed by atoms with Crippen LogP contribution in [0.1, 0.15) is 39.9 Å². The van der Waals surface area contributed by atoms with E-state index in [0.29, 0.717) is 25.1 Å². The molecule has 0 unspecified atom stereocenters. The summed E-state index contributed by atoms with van der Waals surface area (Å²) in [4.78, 5) is 38.0. The quantitative estimate of drug-likeness (QED) is 0.831. The SMILES string of the molecule is Cc1ccccc1C(=O)NCC(=O)N1CCCN1C(=O)CC1Cc2ccccc2C1. The third kappa shape index (κ3) is 4.22. The predicted octanol–water partition coefficient (Wildman–Crippen LogP) is 2.51. The Morgan fingerprint density at radius 2 is 1.50 bits per heavy atom. The number of benzene rings is 2. The normalized spacial score (nSPS) is 15.9. The van der Waals surface area contributed by atoms with Gasteiger partial charge >= 0.3 is 0 Å². The maximum absolute atomic E-state index is 12.9. The summed E-state index contributed by atoms with van der Waals surface area (Å²) in [6.07, 6.45) is 3.02. The van der Waals surface area contributed by atoms with Crippen LogP contribution in [0.3, 0.4) is 0 Å². The Balaban J connectivity index is 1.32. The summed E-state index contributed by atoms with van der Waals surface area (Å²) >= 11 is 0. The predicted molar refractivity (Wildman–Crippen MR) is 114 cm³/mol. The summed E-state index contributed by atoms with van der Waals surface area (Å²) in [6, 6.07) is 15.6. The summed E-state index contributed by atoms with van der Waals surface area (Å²) in [7, 11) is 0. The van der Waals surface area contributed by atoms with Crippen LogP contribution in [0, 0.1) is 12.8 Å². The molecule has 6 heteroatoms. The molecule has 30 heavy (non-hydrogen) atoms. The van der Waals surface area contributed by atoms with Gasteiger partial charge in [-0.2, -0.15) is 0 Å². The monoisotopic (exact) mass is 405 g/mol. The van der Waals surface area contributed by atoms with Gasteiger partial charge in [-0.3, -0.25) is 19.4 Å². The number of rotatable bonds is 5. The first-order valence-electron chi connectivity index (χ1n) is 10.5. The van der Waals surface area contributed by atoms with Crippen molar-refractivity contribution in [1.82, 2.24) is 15.3 Å². The summed E-state index contributed by atoms with van der Waals surface area (Å²) in [5.74, 6) is -0.253. The van der Waals surface area contributed by atoms with E-state index in [1.165, 1.54) is 16.1 Å². The van der Waals surface area contributed by atoms with Crippen molar-refractivity contribution < 1.29 is 14.4 Å². The molecule has 0 atom stereocenters. The number of nitrogens with zero attached hydrogens (tertiary/aromatic N) is 2. The molecule has 1 saturated heterocycles. The van der Waals surface area contributed by atoms with Gasteiger partial charge in [-0.25, -0.2) is 5.01 Å². The topological polar surface area (TPSA) is 69.7 Å². The largest absolute Gasteiger partial charge is 0.343 e. The molecular weight excluding hydrogens is 378 g/mol. The fraction of sp³-hybridized carbons (Fsp3) is 0.375. The van der Waals surface area contributed by atoms with E-state index in [1.54, 1.807) is 17.1 Å². The summed E-state index contributed by atoms with van der Waals surface area (Å²) < 4.78 is 0. The molecule has 156 valence electrons. The van der Waals surface area contributed by atoms with E-state index < -0.39 is 0 Å². The van der Waals surface area contributed by atoms with E-state index >= 15 is 0 Å². The minimum absolute atomic E-state index is 0.0103. The number of nitrogens with one attached hydrogen (secondary N) is 1. The van der Waals surface area contributed by atoms with Crippen molar-refractivity contribution >= 4 is 17.7 Å². The third-order valence-corrected chi connectivity index (χ3v) is 6.00. The Kier molecular flexibility index (Phi) is 5.84. The van der Waals surface area contributed by atoms with Crippen molar-refractivity contribution in [3.05, 3.63) is 70.8 Å². The van der Waals surface area contributed by atoms with E-state index in [9.17, 15) is 14.4 Å². The number of aryl methyl sites for hydroxylation is 1. The second-order valence-electron chi connectivity index (χ2n) is 8.13. The van der Waals surface area contributed by atoms with E-state index in [2.05, 4.69) is 17.4 Å². The molecule has 2 aromatic carbocycles. The first-order valence-corrected chi connectivity index (χ1v) is 10.5. The minimum atomic E-state index is -0.276. The summed E-state index contributed by atoms with van der Waals surface area (Å²) in [5, 5.41) is 5.77. The average molecular weight is 405 g/mol. The zero-order valence-corrected chi connectivity index (χ0v) is 17.3. The lowest BCUT2D eigenvalue weighted by molar-refractivity contribution is -0.157. The van der Waals surface area contributed by atoms with Crippen molar-refractivity contribution in [2.45, 2.75) is 32.6 Å². The summed E-state index contributed by atoms with van der Waals surface area (Å²) in [6.45, 7) is 2.80. The highest BCUT2D eigenvalue weighted by molar-refractivity contribution is 5.97. The van der Waals surface area contributed by atoms with Crippen molar-refractivity contribution in [3.63, 3.8) is 0 Å². The van der Waals surface area contributed by atoms with Gasteiger partial charge in [0.15, 0.2) is 0 Å². The molecule has 0 bridgehead atoms. The lowest BCUT2D eigenvalue weighted by Crippen LogP contribution is -2.49. The van der Waals surface area contributed by atoms with Crippen LogP contribution in [-0.2, 0) is 22.4 Å². The minimum Gasteiger partial charge on any atom is -0.343 e. The standard InChI is InChI=1S/C24H27N3O3/c1-17-7-2-5-10-21(17)24(30)25-16-23(29)27-12-6-11-26(27)22(28)15-18-13-19-8-3-4-9-20(19)14-18/h2-5,7-10,18H,6,11-16H2,1H3,(H,25,30). The molecule has 2 aromatic rings. The van der Waals surface area contributed by atoms with Crippen molar-refractivity contribution in [1.29, 1.82) is 0 Å². The highest BCUT2D eigenvalue weighted by Crippen LogP contribution is 2.29. The fourth-order valence-electron chi connectivity index (χ4n) is 4.45. The van der Waals surface area contributed by atoms with Crippen LogP contribution >= 0.6 is 0 Å². The highest BCUT2D eigenvalue weighted by Gasteiger charge is 2.33. The molecule has 4 rings (SSSR count). The van der Waals surface area contributed by atoms with Crippen molar-refractivity contribution in [2.24, 2.45) is 5.92 Å². The smallest absolute Gasteiger partial charge is 0.260 e. The molecule has 0 radical (unpaired) electrons. The van der Waals surface area contributed by atoms with Gasteiger partial charge in [0.25, 0.3) is 11.8 Å². The van der Waals surface area contributed by atoms with Crippen LogP contribution < -0.4 is 5.32 Å². The molecule has 1 N–H and O–H groups in total. The molecule has 6 nitrogen and oxygen atoms in total. The molecular formula is C24H27N3O3. The Morgan fingerprint density at radius 3 is 2.17 bits per heavy atom. The molecule has 2 aliphatic rings. The van der Waals surface area contributed by atoms with Gasteiger partial charge in [-0.05, 0) is 54.9 Å². The Morgan fingerprint density at radius 1 is 0.900 bits per heavy atom. The summed E-state index contributed by atoms with van der Waals surface area (Å²) in [5.41, 5.74) is 4.06.